The Hall–Kier alpha value is -2.45. The predicted octanol–water partition coefficient (Wildman–Crippen LogP) is 3.89. The van der Waals surface area contributed by atoms with Crippen molar-refractivity contribution < 1.29 is 17.6 Å². The summed E-state index contributed by atoms with van der Waals surface area (Å²) in [4.78, 5) is 12.2. The lowest BCUT2D eigenvalue weighted by Crippen LogP contribution is -2.45. The molecule has 1 aliphatic heterocycles. The summed E-state index contributed by atoms with van der Waals surface area (Å²) < 4.78 is 41.2. The Kier molecular flexibility index (Phi) is 6.87. The maximum absolute atomic E-state index is 13.4. The third-order valence-electron chi connectivity index (χ3n) is 5.09. The van der Waals surface area contributed by atoms with E-state index in [9.17, 15) is 17.6 Å². The third kappa shape index (κ3) is 5.33. The summed E-state index contributed by atoms with van der Waals surface area (Å²) in [5.74, 6) is -0.453. The quantitative estimate of drug-likeness (QED) is 0.746. The number of piperidine rings is 1. The molecule has 0 saturated carbocycles. The molecule has 2 amide bonds. The molecule has 0 aliphatic carbocycles. The standard InChI is InChI=1S/C21H26FN3O3S/c1-16-15-17(22)10-11-20(16)29(27,28)25-14-6-5-9-19(25)12-13-23-21(26)24-18-7-3-2-4-8-18/h2-4,7-8,10-11,15,19H,5-6,9,12-14H2,1H3,(H2,23,24,26)/t19-/m0/s1. The number of urea groups is 1. The Morgan fingerprint density at radius 3 is 2.66 bits per heavy atom. The molecule has 2 N–H and O–H groups in total. The molecular weight excluding hydrogens is 393 g/mol. The summed E-state index contributed by atoms with van der Waals surface area (Å²) >= 11 is 0. The summed E-state index contributed by atoms with van der Waals surface area (Å²) in [5, 5.41) is 5.53. The highest BCUT2D eigenvalue weighted by atomic mass is 32.2. The Bertz CT molecular complexity index is 951. The van der Waals surface area contributed by atoms with Gasteiger partial charge in [-0.05, 0) is 62.1 Å². The topological polar surface area (TPSA) is 78.5 Å². The van der Waals surface area contributed by atoms with Gasteiger partial charge < -0.3 is 10.6 Å². The smallest absolute Gasteiger partial charge is 0.319 e. The van der Waals surface area contributed by atoms with Crippen LogP contribution in [0.25, 0.3) is 0 Å². The zero-order chi connectivity index (χ0) is 20.9. The monoisotopic (exact) mass is 419 g/mol. The first-order valence-corrected chi connectivity index (χ1v) is 11.2. The first-order chi connectivity index (χ1) is 13.9. The van der Waals surface area contributed by atoms with Crippen LogP contribution in [0, 0.1) is 12.7 Å². The van der Waals surface area contributed by atoms with E-state index in [0.29, 0.717) is 30.8 Å². The van der Waals surface area contributed by atoms with Crippen molar-refractivity contribution in [2.24, 2.45) is 0 Å². The number of halogens is 1. The highest BCUT2D eigenvalue weighted by Gasteiger charge is 2.34. The van der Waals surface area contributed by atoms with Crippen LogP contribution in [-0.2, 0) is 10.0 Å². The van der Waals surface area contributed by atoms with Gasteiger partial charge in [0, 0.05) is 24.8 Å². The van der Waals surface area contributed by atoms with Gasteiger partial charge in [0.25, 0.3) is 0 Å². The summed E-state index contributed by atoms with van der Waals surface area (Å²) in [6.45, 7) is 2.39. The minimum absolute atomic E-state index is 0.139. The van der Waals surface area contributed by atoms with Crippen molar-refractivity contribution >= 4 is 21.7 Å². The Morgan fingerprint density at radius 2 is 1.93 bits per heavy atom. The van der Waals surface area contributed by atoms with Crippen LogP contribution < -0.4 is 10.6 Å². The molecule has 0 spiro atoms. The summed E-state index contributed by atoms with van der Waals surface area (Å²) in [5.41, 5.74) is 1.09. The number of carbonyl (C=O) groups excluding carboxylic acids is 1. The number of amides is 2. The number of hydrogen-bond acceptors (Lipinski definition) is 3. The number of nitrogens with one attached hydrogen (secondary N) is 2. The third-order valence-corrected chi connectivity index (χ3v) is 7.20. The Labute approximate surface area is 171 Å². The molecule has 1 fully saturated rings. The summed E-state index contributed by atoms with van der Waals surface area (Å²) in [6, 6.07) is 12.3. The number of hydrogen-bond donors (Lipinski definition) is 2. The van der Waals surface area contributed by atoms with Gasteiger partial charge in [0.15, 0.2) is 0 Å². The average Bonchev–Trinajstić information content (AvgIpc) is 2.69. The zero-order valence-electron chi connectivity index (χ0n) is 16.4. The number of benzene rings is 2. The van der Waals surface area contributed by atoms with Gasteiger partial charge in [-0.2, -0.15) is 4.31 Å². The Morgan fingerprint density at radius 1 is 1.17 bits per heavy atom. The van der Waals surface area contributed by atoms with Crippen molar-refractivity contribution in [1.29, 1.82) is 0 Å². The van der Waals surface area contributed by atoms with Gasteiger partial charge in [0.2, 0.25) is 10.0 Å². The van der Waals surface area contributed by atoms with E-state index in [2.05, 4.69) is 10.6 Å². The minimum Gasteiger partial charge on any atom is -0.338 e. The number of aryl methyl sites for hydroxylation is 1. The lowest BCUT2D eigenvalue weighted by molar-refractivity contribution is 0.234. The molecule has 0 unspecified atom stereocenters. The molecule has 1 aliphatic rings. The molecule has 1 atom stereocenters. The molecule has 6 nitrogen and oxygen atoms in total. The normalized spacial score (nSPS) is 17.7. The molecule has 29 heavy (non-hydrogen) atoms. The number of sulfonamides is 1. The molecule has 0 bridgehead atoms. The van der Waals surface area contributed by atoms with Gasteiger partial charge in [-0.3, -0.25) is 0 Å². The van der Waals surface area contributed by atoms with Gasteiger partial charge in [-0.1, -0.05) is 24.6 Å². The molecule has 0 aromatic heterocycles. The van der Waals surface area contributed by atoms with Crippen molar-refractivity contribution in [1.82, 2.24) is 9.62 Å². The number of carbonyl (C=O) groups is 1. The van der Waals surface area contributed by atoms with E-state index in [1.807, 2.05) is 18.2 Å². The summed E-state index contributed by atoms with van der Waals surface area (Å²) in [7, 11) is -3.72. The van der Waals surface area contributed by atoms with Crippen molar-refractivity contribution in [3.05, 3.63) is 59.9 Å². The molecule has 156 valence electrons. The number of para-hydroxylation sites is 1. The first-order valence-electron chi connectivity index (χ1n) is 9.76. The van der Waals surface area contributed by atoms with Crippen molar-refractivity contribution in [2.45, 2.75) is 43.5 Å². The van der Waals surface area contributed by atoms with Crippen molar-refractivity contribution in [3.8, 4) is 0 Å². The van der Waals surface area contributed by atoms with Crippen LogP contribution in [0.4, 0.5) is 14.9 Å². The van der Waals surface area contributed by atoms with Crippen LogP contribution in [0.3, 0.4) is 0 Å². The molecule has 1 saturated heterocycles. The fourth-order valence-electron chi connectivity index (χ4n) is 3.66. The minimum atomic E-state index is -3.72. The second-order valence-electron chi connectivity index (χ2n) is 7.21. The van der Waals surface area contributed by atoms with Crippen LogP contribution in [-0.4, -0.2) is 37.9 Å². The van der Waals surface area contributed by atoms with E-state index in [-0.39, 0.29) is 17.0 Å². The van der Waals surface area contributed by atoms with Crippen LogP contribution in [0.1, 0.15) is 31.2 Å². The van der Waals surface area contributed by atoms with E-state index in [1.54, 1.807) is 19.1 Å². The molecule has 3 rings (SSSR count). The SMILES string of the molecule is Cc1cc(F)ccc1S(=O)(=O)N1CCCC[C@H]1CCNC(=O)Nc1ccccc1. The Balaban J connectivity index is 1.63. The fourth-order valence-corrected chi connectivity index (χ4v) is 5.59. The lowest BCUT2D eigenvalue weighted by Gasteiger charge is -2.35. The molecule has 0 radical (unpaired) electrons. The van der Waals surface area contributed by atoms with E-state index in [1.165, 1.54) is 22.5 Å². The molecule has 1 heterocycles. The van der Waals surface area contributed by atoms with Gasteiger partial charge >= 0.3 is 6.03 Å². The molecule has 2 aromatic carbocycles. The van der Waals surface area contributed by atoms with Crippen LogP contribution in [0.2, 0.25) is 0 Å². The number of anilines is 1. The van der Waals surface area contributed by atoms with Gasteiger partial charge in [0.1, 0.15) is 5.82 Å². The van der Waals surface area contributed by atoms with E-state index in [4.69, 9.17) is 0 Å². The van der Waals surface area contributed by atoms with E-state index < -0.39 is 15.8 Å². The van der Waals surface area contributed by atoms with Gasteiger partial charge in [-0.25, -0.2) is 17.6 Å². The van der Waals surface area contributed by atoms with Crippen molar-refractivity contribution in [3.63, 3.8) is 0 Å². The highest BCUT2D eigenvalue weighted by molar-refractivity contribution is 7.89. The first kappa shape index (κ1) is 21.3. The molecule has 8 heteroatoms. The van der Waals surface area contributed by atoms with Crippen molar-refractivity contribution in [2.75, 3.05) is 18.4 Å². The van der Waals surface area contributed by atoms with E-state index in [0.717, 1.165) is 19.3 Å². The largest absolute Gasteiger partial charge is 0.338 e. The lowest BCUT2D eigenvalue weighted by atomic mass is 10.0. The molecular formula is C21H26FN3O3S. The average molecular weight is 420 g/mol. The van der Waals surface area contributed by atoms with Gasteiger partial charge in [0.05, 0.1) is 4.90 Å². The number of rotatable bonds is 6. The molecule has 2 aromatic rings. The maximum Gasteiger partial charge on any atom is 0.319 e. The fraction of sp³-hybridized carbons (Fsp3) is 0.381. The van der Waals surface area contributed by atoms with Crippen LogP contribution in [0.5, 0.6) is 0 Å². The zero-order valence-corrected chi connectivity index (χ0v) is 17.2. The summed E-state index contributed by atoms with van der Waals surface area (Å²) in [6.07, 6.45) is 2.98. The van der Waals surface area contributed by atoms with Crippen LogP contribution >= 0.6 is 0 Å². The maximum atomic E-state index is 13.4. The van der Waals surface area contributed by atoms with E-state index >= 15 is 0 Å². The predicted molar refractivity (Wildman–Crippen MR) is 111 cm³/mol. The second kappa shape index (κ2) is 9.37. The van der Waals surface area contributed by atoms with Crippen LogP contribution in [0.15, 0.2) is 53.4 Å². The second-order valence-corrected chi connectivity index (χ2v) is 9.07. The highest BCUT2D eigenvalue weighted by Crippen LogP contribution is 2.28. The van der Waals surface area contributed by atoms with Gasteiger partial charge in [-0.15, -0.1) is 0 Å². The number of nitrogens with zero attached hydrogens (tertiary/aromatic N) is 1.